The van der Waals surface area contributed by atoms with Crippen LogP contribution < -0.4 is 5.32 Å². The number of nitrogens with one attached hydrogen (secondary N) is 1. The van der Waals surface area contributed by atoms with Crippen molar-refractivity contribution in [3.8, 4) is 0 Å². The molecule has 0 spiro atoms. The van der Waals surface area contributed by atoms with Crippen molar-refractivity contribution < 1.29 is 0 Å². The van der Waals surface area contributed by atoms with Crippen LogP contribution in [0.2, 0.25) is 0 Å². The van der Waals surface area contributed by atoms with Crippen LogP contribution in [-0.2, 0) is 6.54 Å². The van der Waals surface area contributed by atoms with Gasteiger partial charge in [-0.15, -0.1) is 0 Å². The molecular formula is C13H18BrNS2. The lowest BCUT2D eigenvalue weighted by Gasteiger charge is -2.21. The van der Waals surface area contributed by atoms with E-state index < -0.39 is 0 Å². The molecule has 1 aromatic carbocycles. The quantitative estimate of drug-likeness (QED) is 0.903. The summed E-state index contributed by atoms with van der Waals surface area (Å²) >= 11 is 7.82. The molecule has 0 aliphatic carbocycles. The second-order valence-electron chi connectivity index (χ2n) is 4.29. The van der Waals surface area contributed by atoms with Gasteiger partial charge in [-0.25, -0.2) is 0 Å². The summed E-state index contributed by atoms with van der Waals surface area (Å²) in [6.07, 6.45) is 0. The fourth-order valence-electron chi connectivity index (χ4n) is 1.82. The first-order valence-corrected chi connectivity index (χ1v) is 8.90. The summed E-state index contributed by atoms with van der Waals surface area (Å²) < 4.78 is 1.22. The van der Waals surface area contributed by atoms with Crippen molar-refractivity contribution in [1.82, 2.24) is 5.32 Å². The second kappa shape index (κ2) is 7.07. The highest BCUT2D eigenvalue weighted by atomic mass is 79.9. The summed E-state index contributed by atoms with van der Waals surface area (Å²) in [6, 6.07) is 6.56. The molecule has 0 radical (unpaired) electrons. The van der Waals surface area contributed by atoms with E-state index in [1.54, 1.807) is 0 Å². The van der Waals surface area contributed by atoms with E-state index in [-0.39, 0.29) is 0 Å². The monoisotopic (exact) mass is 331 g/mol. The van der Waals surface area contributed by atoms with Crippen LogP contribution in [0.25, 0.3) is 0 Å². The minimum absolute atomic E-state index is 0.790. The molecule has 1 atom stereocenters. The molecule has 4 heteroatoms. The van der Waals surface area contributed by atoms with Gasteiger partial charge in [0.1, 0.15) is 0 Å². The van der Waals surface area contributed by atoms with E-state index in [0.29, 0.717) is 0 Å². The van der Waals surface area contributed by atoms with Gasteiger partial charge < -0.3 is 5.32 Å². The minimum atomic E-state index is 0.790. The van der Waals surface area contributed by atoms with Crippen LogP contribution in [0.4, 0.5) is 0 Å². The van der Waals surface area contributed by atoms with Crippen LogP contribution in [0.5, 0.6) is 0 Å². The molecule has 94 valence electrons. The Balaban J connectivity index is 1.77. The maximum atomic E-state index is 3.62. The molecule has 0 amide bonds. The van der Waals surface area contributed by atoms with Crippen molar-refractivity contribution in [2.45, 2.75) is 18.7 Å². The van der Waals surface area contributed by atoms with Gasteiger partial charge in [0, 0.05) is 40.1 Å². The summed E-state index contributed by atoms with van der Waals surface area (Å²) in [6.45, 7) is 4.21. The van der Waals surface area contributed by atoms with Crippen molar-refractivity contribution in [2.75, 3.05) is 23.8 Å². The van der Waals surface area contributed by atoms with Crippen molar-refractivity contribution >= 4 is 39.5 Å². The highest BCUT2D eigenvalue weighted by Gasteiger charge is 2.13. The standard InChI is InChI=1S/C13H18BrNS2/c1-10-2-3-11(13(14)6-10)7-15-8-12-9-16-4-5-17-12/h2-3,6,12,15H,4-5,7-9H2,1H3. The molecule has 1 saturated heterocycles. The van der Waals surface area contributed by atoms with Gasteiger partial charge in [-0.3, -0.25) is 0 Å². The molecule has 1 N–H and O–H groups in total. The summed E-state index contributed by atoms with van der Waals surface area (Å²) in [7, 11) is 0. The number of halogens is 1. The lowest BCUT2D eigenvalue weighted by molar-refractivity contribution is 0.684. The molecule has 1 fully saturated rings. The summed E-state index contributed by atoms with van der Waals surface area (Å²) in [5.41, 5.74) is 2.66. The van der Waals surface area contributed by atoms with Crippen molar-refractivity contribution in [1.29, 1.82) is 0 Å². The molecule has 0 aromatic heterocycles. The number of aryl methyl sites for hydroxylation is 1. The molecule has 1 nitrogen and oxygen atoms in total. The fourth-order valence-corrected chi connectivity index (χ4v) is 5.10. The smallest absolute Gasteiger partial charge is 0.0263 e. The molecule has 17 heavy (non-hydrogen) atoms. The second-order valence-corrected chi connectivity index (χ2v) is 7.71. The van der Waals surface area contributed by atoms with Crippen LogP contribution in [0.1, 0.15) is 11.1 Å². The molecule has 1 unspecified atom stereocenters. The molecule has 1 aromatic rings. The first-order chi connectivity index (χ1) is 8.25. The van der Waals surface area contributed by atoms with Gasteiger partial charge >= 0.3 is 0 Å². The van der Waals surface area contributed by atoms with Gasteiger partial charge in [0.25, 0.3) is 0 Å². The molecule has 0 saturated carbocycles. The average molecular weight is 332 g/mol. The highest BCUT2D eigenvalue weighted by molar-refractivity contribution is 9.10. The van der Waals surface area contributed by atoms with E-state index in [1.165, 1.54) is 32.9 Å². The zero-order valence-corrected chi connectivity index (χ0v) is 13.3. The maximum Gasteiger partial charge on any atom is 0.0263 e. The predicted octanol–water partition coefficient (Wildman–Crippen LogP) is 3.70. The summed E-state index contributed by atoms with van der Waals surface area (Å²) in [4.78, 5) is 0. The van der Waals surface area contributed by atoms with Gasteiger partial charge in [0.15, 0.2) is 0 Å². The Morgan fingerprint density at radius 2 is 2.29 bits per heavy atom. The number of benzene rings is 1. The van der Waals surface area contributed by atoms with Crippen LogP contribution in [0, 0.1) is 6.92 Å². The van der Waals surface area contributed by atoms with Crippen LogP contribution in [0.3, 0.4) is 0 Å². The number of hydrogen-bond acceptors (Lipinski definition) is 3. The zero-order valence-electron chi connectivity index (χ0n) is 10.0. The third kappa shape index (κ3) is 4.51. The first kappa shape index (κ1) is 13.8. The lowest BCUT2D eigenvalue weighted by Crippen LogP contribution is -2.28. The largest absolute Gasteiger partial charge is 0.312 e. The van der Waals surface area contributed by atoms with Gasteiger partial charge in [0.2, 0.25) is 0 Å². The van der Waals surface area contributed by atoms with Gasteiger partial charge in [-0.05, 0) is 24.1 Å². The Morgan fingerprint density at radius 1 is 1.41 bits per heavy atom. The topological polar surface area (TPSA) is 12.0 Å². The zero-order chi connectivity index (χ0) is 12.1. The molecule has 2 rings (SSSR count). The van der Waals surface area contributed by atoms with Crippen LogP contribution in [-0.4, -0.2) is 29.1 Å². The van der Waals surface area contributed by atoms with E-state index in [0.717, 1.165) is 18.3 Å². The van der Waals surface area contributed by atoms with E-state index in [9.17, 15) is 0 Å². The number of thioether (sulfide) groups is 2. The Labute approximate surface area is 121 Å². The van der Waals surface area contributed by atoms with Crippen LogP contribution in [0.15, 0.2) is 22.7 Å². The third-order valence-corrected chi connectivity index (χ3v) is 6.36. The SMILES string of the molecule is Cc1ccc(CNCC2CSCCS2)c(Br)c1. The Bertz CT molecular complexity index is 364. The minimum Gasteiger partial charge on any atom is -0.312 e. The normalized spacial score (nSPS) is 20.5. The van der Waals surface area contributed by atoms with Gasteiger partial charge in [-0.2, -0.15) is 23.5 Å². The molecular weight excluding hydrogens is 314 g/mol. The summed E-state index contributed by atoms with van der Waals surface area (Å²) in [5, 5.41) is 4.36. The Morgan fingerprint density at radius 3 is 3.00 bits per heavy atom. The molecule has 1 heterocycles. The maximum absolute atomic E-state index is 3.62. The van der Waals surface area contributed by atoms with Gasteiger partial charge in [-0.1, -0.05) is 28.1 Å². The van der Waals surface area contributed by atoms with E-state index in [1.807, 2.05) is 0 Å². The lowest BCUT2D eigenvalue weighted by atomic mass is 10.1. The third-order valence-electron chi connectivity index (χ3n) is 2.78. The Kier molecular flexibility index (Phi) is 5.74. The van der Waals surface area contributed by atoms with E-state index in [2.05, 4.69) is 69.9 Å². The van der Waals surface area contributed by atoms with Crippen LogP contribution >= 0.6 is 39.5 Å². The highest BCUT2D eigenvalue weighted by Crippen LogP contribution is 2.23. The van der Waals surface area contributed by atoms with Gasteiger partial charge in [0.05, 0.1) is 0 Å². The molecule has 0 bridgehead atoms. The number of rotatable bonds is 4. The van der Waals surface area contributed by atoms with E-state index >= 15 is 0 Å². The molecule has 1 aliphatic heterocycles. The fraction of sp³-hybridized carbons (Fsp3) is 0.538. The van der Waals surface area contributed by atoms with Crippen molar-refractivity contribution in [2.24, 2.45) is 0 Å². The number of hydrogen-bond donors (Lipinski definition) is 1. The predicted molar refractivity (Wildman–Crippen MR) is 84.2 cm³/mol. The van der Waals surface area contributed by atoms with Crippen molar-refractivity contribution in [3.05, 3.63) is 33.8 Å². The summed E-state index contributed by atoms with van der Waals surface area (Å²) in [5.74, 6) is 3.93. The van der Waals surface area contributed by atoms with E-state index in [4.69, 9.17) is 0 Å². The first-order valence-electron chi connectivity index (χ1n) is 5.91. The Hall–Kier alpha value is 0.360. The average Bonchev–Trinajstić information content (AvgIpc) is 2.33. The molecule has 1 aliphatic rings. The van der Waals surface area contributed by atoms with Crippen molar-refractivity contribution in [3.63, 3.8) is 0 Å².